The van der Waals surface area contributed by atoms with E-state index in [1.54, 1.807) is 50.4 Å². The third-order valence-corrected chi connectivity index (χ3v) is 5.88. The third kappa shape index (κ3) is 11.8. The fraction of sp³-hybridized carbons (Fsp3) is 0.440. The Morgan fingerprint density at radius 3 is 2.36 bits per heavy atom. The minimum atomic E-state index is -1.04. The third-order valence-electron chi connectivity index (χ3n) is 5.09. The van der Waals surface area contributed by atoms with Crippen LogP contribution in [-0.4, -0.2) is 65.4 Å². The van der Waals surface area contributed by atoms with Crippen molar-refractivity contribution >= 4 is 46.7 Å². The second-order valence-corrected chi connectivity index (χ2v) is 10.5. The molecule has 14 heteroatoms. The molecule has 1 heterocycles. The summed E-state index contributed by atoms with van der Waals surface area (Å²) in [6.07, 6.45) is 1.53. The fourth-order valence-electron chi connectivity index (χ4n) is 3.35. The minimum Gasteiger partial charge on any atom is -0.444 e. The molecule has 0 aliphatic heterocycles. The summed E-state index contributed by atoms with van der Waals surface area (Å²) in [5.41, 5.74) is 16.9. The zero-order valence-electron chi connectivity index (χ0n) is 22.2. The summed E-state index contributed by atoms with van der Waals surface area (Å²) in [4.78, 5) is 58.9. The van der Waals surface area contributed by atoms with Crippen LogP contribution in [0.3, 0.4) is 0 Å². The van der Waals surface area contributed by atoms with Gasteiger partial charge in [-0.15, -0.1) is 11.3 Å². The summed E-state index contributed by atoms with van der Waals surface area (Å²) in [7, 11) is 0. The number of nitrogens with two attached hydrogens (primary N) is 3. The second kappa shape index (κ2) is 14.7. The summed E-state index contributed by atoms with van der Waals surface area (Å²) in [6, 6.07) is 4.89. The molecular formula is C25H36N8O5S. The number of hydrogen-bond acceptors (Lipinski definition) is 9. The van der Waals surface area contributed by atoms with Crippen LogP contribution in [0.5, 0.6) is 0 Å². The van der Waals surface area contributed by atoms with Crippen LogP contribution in [0.15, 0.2) is 40.8 Å². The molecule has 0 radical (unpaired) electrons. The van der Waals surface area contributed by atoms with Gasteiger partial charge in [-0.05, 0) is 51.3 Å². The molecule has 13 nitrogen and oxygen atoms in total. The van der Waals surface area contributed by atoms with Gasteiger partial charge in [-0.3, -0.25) is 19.4 Å². The van der Waals surface area contributed by atoms with Gasteiger partial charge in [-0.2, -0.15) is 0 Å². The molecule has 0 fully saturated rings. The Hall–Kier alpha value is -4.20. The number of nitrogen functional groups attached to an aromatic ring is 1. The van der Waals surface area contributed by atoms with Crippen molar-refractivity contribution in [2.75, 3.05) is 18.8 Å². The molecule has 0 aliphatic carbocycles. The Kier molecular flexibility index (Phi) is 11.7. The van der Waals surface area contributed by atoms with Crippen molar-refractivity contribution in [3.8, 4) is 0 Å². The number of rotatable bonds is 13. The Bertz CT molecular complexity index is 1140. The Morgan fingerprint density at radius 1 is 1.08 bits per heavy atom. The van der Waals surface area contributed by atoms with Crippen molar-refractivity contribution in [2.24, 2.45) is 16.5 Å². The maximum Gasteiger partial charge on any atom is 0.408 e. The van der Waals surface area contributed by atoms with E-state index in [1.165, 1.54) is 6.20 Å². The van der Waals surface area contributed by atoms with Crippen LogP contribution >= 0.6 is 11.3 Å². The van der Waals surface area contributed by atoms with E-state index >= 15 is 0 Å². The highest BCUT2D eigenvalue weighted by Crippen LogP contribution is 2.12. The summed E-state index contributed by atoms with van der Waals surface area (Å²) in [5.74, 6) is -1.63. The number of anilines is 1. The molecule has 2 aromatic rings. The number of ketones is 1. The van der Waals surface area contributed by atoms with E-state index in [-0.39, 0.29) is 36.1 Å². The molecule has 1 aromatic heterocycles. The normalized spacial score (nSPS) is 12.5. The van der Waals surface area contributed by atoms with Gasteiger partial charge in [0.2, 0.25) is 17.6 Å². The number of amides is 3. The van der Waals surface area contributed by atoms with Crippen molar-refractivity contribution in [3.63, 3.8) is 0 Å². The molecule has 0 saturated heterocycles. The van der Waals surface area contributed by atoms with Crippen molar-refractivity contribution in [2.45, 2.75) is 57.7 Å². The predicted molar refractivity (Wildman–Crippen MR) is 149 cm³/mol. The average molecular weight is 561 g/mol. The van der Waals surface area contributed by atoms with E-state index in [9.17, 15) is 19.2 Å². The van der Waals surface area contributed by atoms with Crippen molar-refractivity contribution in [1.82, 2.24) is 20.9 Å². The first-order valence-electron chi connectivity index (χ1n) is 12.2. The van der Waals surface area contributed by atoms with E-state index in [0.717, 1.165) is 16.9 Å². The standard InChI is InChI=1S/C25H36N8O5S/c1-25(2,3)38-24(37)33-18(13-15-6-8-16(26)9-7-15)21(36)31-14-19(34)32-17(5-4-10-30-23(27)28)20(35)22-29-11-12-39-22/h6-9,11-12,17-18H,4-5,10,13-14,26H2,1-3H3,(H,31,36)(H,32,34)(H,33,37)(H4,27,28,30)/t17-,18+/m0/s1. The molecule has 0 saturated carbocycles. The number of aliphatic imine (C=N–C) groups is 1. The lowest BCUT2D eigenvalue weighted by Gasteiger charge is -2.23. The zero-order valence-corrected chi connectivity index (χ0v) is 23.0. The average Bonchev–Trinajstić information content (AvgIpc) is 3.38. The number of thiazole rings is 1. The molecule has 0 aliphatic rings. The first kappa shape index (κ1) is 31.0. The van der Waals surface area contributed by atoms with Crippen LogP contribution in [0, 0.1) is 0 Å². The first-order valence-corrected chi connectivity index (χ1v) is 13.1. The number of alkyl carbamates (subject to hydrolysis) is 1. The van der Waals surface area contributed by atoms with Gasteiger partial charge in [-0.25, -0.2) is 9.78 Å². The number of nitrogens with zero attached hydrogens (tertiary/aromatic N) is 2. The minimum absolute atomic E-state index is 0.0712. The van der Waals surface area contributed by atoms with E-state index in [1.807, 2.05) is 0 Å². The smallest absolute Gasteiger partial charge is 0.408 e. The molecule has 2 atom stereocenters. The summed E-state index contributed by atoms with van der Waals surface area (Å²) in [6.45, 7) is 4.95. The number of hydrogen-bond donors (Lipinski definition) is 6. The van der Waals surface area contributed by atoms with Crippen LogP contribution < -0.4 is 33.2 Å². The van der Waals surface area contributed by atoms with Gasteiger partial charge in [0.15, 0.2) is 11.0 Å². The lowest BCUT2D eigenvalue weighted by Crippen LogP contribution is -2.52. The number of benzene rings is 1. The summed E-state index contributed by atoms with van der Waals surface area (Å²) < 4.78 is 5.28. The molecule has 39 heavy (non-hydrogen) atoms. The Morgan fingerprint density at radius 2 is 1.77 bits per heavy atom. The maximum absolute atomic E-state index is 13.0. The van der Waals surface area contributed by atoms with Gasteiger partial charge in [0.25, 0.3) is 0 Å². The fourth-order valence-corrected chi connectivity index (χ4v) is 3.98. The van der Waals surface area contributed by atoms with Gasteiger partial charge >= 0.3 is 6.09 Å². The summed E-state index contributed by atoms with van der Waals surface area (Å²) >= 11 is 1.15. The van der Waals surface area contributed by atoms with Gasteiger partial charge in [0.1, 0.15) is 11.6 Å². The lowest BCUT2D eigenvalue weighted by molar-refractivity contribution is -0.127. The number of guanidine groups is 1. The zero-order chi connectivity index (χ0) is 29.0. The van der Waals surface area contributed by atoms with Crippen molar-refractivity contribution in [1.29, 1.82) is 0 Å². The number of aromatic nitrogens is 1. The van der Waals surface area contributed by atoms with Crippen LogP contribution in [0.25, 0.3) is 0 Å². The molecule has 0 unspecified atom stereocenters. The van der Waals surface area contributed by atoms with Gasteiger partial charge in [0, 0.05) is 30.2 Å². The second-order valence-electron chi connectivity index (χ2n) is 9.63. The van der Waals surface area contributed by atoms with Crippen molar-refractivity contribution in [3.05, 3.63) is 46.4 Å². The maximum atomic E-state index is 13.0. The number of nitrogens with one attached hydrogen (secondary N) is 3. The topological polar surface area (TPSA) is 217 Å². The number of carbonyl (C=O) groups excluding carboxylic acids is 4. The molecule has 0 spiro atoms. The quantitative estimate of drug-likeness (QED) is 0.0667. The number of Topliss-reactive ketones (excluding diaryl/α,β-unsaturated/α-hetero) is 1. The molecule has 2 rings (SSSR count). The number of carbonyl (C=O) groups is 4. The molecule has 212 valence electrons. The highest BCUT2D eigenvalue weighted by atomic mass is 32.1. The molecule has 1 aromatic carbocycles. The monoisotopic (exact) mass is 560 g/mol. The van der Waals surface area contributed by atoms with E-state index in [0.29, 0.717) is 12.1 Å². The largest absolute Gasteiger partial charge is 0.444 e. The molecule has 0 bridgehead atoms. The van der Waals surface area contributed by atoms with Gasteiger partial charge < -0.3 is 37.9 Å². The van der Waals surface area contributed by atoms with Crippen molar-refractivity contribution < 1.29 is 23.9 Å². The van der Waals surface area contributed by atoms with E-state index < -0.39 is 42.1 Å². The Balaban J connectivity index is 2.04. The van der Waals surface area contributed by atoms with Crippen LogP contribution in [0.4, 0.5) is 10.5 Å². The van der Waals surface area contributed by atoms with Crippen LogP contribution in [-0.2, 0) is 20.7 Å². The SMILES string of the molecule is CC(C)(C)OC(=O)N[C@H](Cc1ccc(N)cc1)C(=O)NCC(=O)N[C@@H](CCCN=C(N)N)C(=O)c1nccs1. The predicted octanol–water partition coefficient (Wildman–Crippen LogP) is 0.699. The molecular weight excluding hydrogens is 524 g/mol. The lowest BCUT2D eigenvalue weighted by atomic mass is 10.0. The van der Waals surface area contributed by atoms with E-state index in [2.05, 4.69) is 25.9 Å². The van der Waals surface area contributed by atoms with Crippen LogP contribution in [0.1, 0.15) is 49.0 Å². The summed E-state index contributed by atoms with van der Waals surface area (Å²) in [5, 5.41) is 9.62. The highest BCUT2D eigenvalue weighted by Gasteiger charge is 2.27. The van der Waals surface area contributed by atoms with E-state index in [4.69, 9.17) is 21.9 Å². The van der Waals surface area contributed by atoms with Crippen LogP contribution in [0.2, 0.25) is 0 Å². The molecule has 9 N–H and O–H groups in total. The highest BCUT2D eigenvalue weighted by molar-refractivity contribution is 7.11. The Labute approximate surface area is 231 Å². The first-order chi connectivity index (χ1) is 18.3. The van der Waals surface area contributed by atoms with Gasteiger partial charge in [0.05, 0.1) is 12.6 Å². The van der Waals surface area contributed by atoms with Gasteiger partial charge in [-0.1, -0.05) is 12.1 Å². The molecule has 3 amide bonds. The number of ether oxygens (including phenoxy) is 1.